The summed E-state index contributed by atoms with van der Waals surface area (Å²) in [7, 11) is 0. The number of ether oxygens (including phenoxy) is 1. The molecule has 0 heterocycles. The standard InChI is InChI=1S/C14H23NO/c1-10-6-7-12(14(3,4)5)13(8-10)16-11(2)9-15/h6-8,11H,9,15H2,1-5H3. The van der Waals surface area contributed by atoms with E-state index in [-0.39, 0.29) is 11.5 Å². The van der Waals surface area contributed by atoms with Crippen LogP contribution in [-0.4, -0.2) is 12.6 Å². The first-order valence-electron chi connectivity index (χ1n) is 5.82. The van der Waals surface area contributed by atoms with Crippen LogP contribution in [0.4, 0.5) is 0 Å². The minimum atomic E-state index is 0.0582. The molecule has 2 heteroatoms. The molecule has 0 bridgehead atoms. The van der Waals surface area contributed by atoms with Crippen molar-refractivity contribution >= 4 is 0 Å². The number of hydrogen-bond donors (Lipinski definition) is 1. The van der Waals surface area contributed by atoms with Crippen LogP contribution in [-0.2, 0) is 5.41 Å². The third-order valence-corrected chi connectivity index (χ3v) is 2.61. The highest BCUT2D eigenvalue weighted by atomic mass is 16.5. The second kappa shape index (κ2) is 4.88. The molecule has 0 aromatic heterocycles. The molecule has 1 aromatic rings. The van der Waals surface area contributed by atoms with E-state index in [0.29, 0.717) is 6.54 Å². The second-order valence-electron chi connectivity index (χ2n) is 5.41. The molecule has 90 valence electrons. The summed E-state index contributed by atoms with van der Waals surface area (Å²) < 4.78 is 5.88. The van der Waals surface area contributed by atoms with E-state index >= 15 is 0 Å². The van der Waals surface area contributed by atoms with Crippen LogP contribution in [0.2, 0.25) is 0 Å². The first-order valence-corrected chi connectivity index (χ1v) is 5.82. The summed E-state index contributed by atoms with van der Waals surface area (Å²) in [6.45, 7) is 11.2. The number of aryl methyl sites for hydroxylation is 1. The Morgan fingerprint density at radius 1 is 1.31 bits per heavy atom. The Hall–Kier alpha value is -1.02. The highest BCUT2D eigenvalue weighted by Crippen LogP contribution is 2.32. The fraction of sp³-hybridized carbons (Fsp3) is 0.571. The van der Waals surface area contributed by atoms with Crippen LogP contribution in [0.3, 0.4) is 0 Å². The smallest absolute Gasteiger partial charge is 0.123 e. The van der Waals surface area contributed by atoms with Gasteiger partial charge in [0.2, 0.25) is 0 Å². The number of benzene rings is 1. The van der Waals surface area contributed by atoms with Crippen LogP contribution >= 0.6 is 0 Å². The van der Waals surface area contributed by atoms with E-state index in [1.807, 2.05) is 6.92 Å². The molecule has 16 heavy (non-hydrogen) atoms. The molecule has 0 saturated carbocycles. The zero-order valence-corrected chi connectivity index (χ0v) is 11.0. The lowest BCUT2D eigenvalue weighted by atomic mass is 9.86. The summed E-state index contributed by atoms with van der Waals surface area (Å²) in [5, 5.41) is 0. The van der Waals surface area contributed by atoms with Crippen LogP contribution in [0.1, 0.15) is 38.8 Å². The van der Waals surface area contributed by atoms with Gasteiger partial charge in [-0.15, -0.1) is 0 Å². The Labute approximate surface area is 98.8 Å². The summed E-state index contributed by atoms with van der Waals surface area (Å²) in [6, 6.07) is 6.36. The summed E-state index contributed by atoms with van der Waals surface area (Å²) >= 11 is 0. The van der Waals surface area contributed by atoms with Crippen molar-refractivity contribution in [2.45, 2.75) is 46.1 Å². The molecular formula is C14H23NO. The van der Waals surface area contributed by atoms with Crippen LogP contribution in [0.25, 0.3) is 0 Å². The molecule has 2 nitrogen and oxygen atoms in total. The third-order valence-electron chi connectivity index (χ3n) is 2.61. The van der Waals surface area contributed by atoms with Crippen molar-refractivity contribution in [2.75, 3.05) is 6.54 Å². The van der Waals surface area contributed by atoms with Crippen LogP contribution in [0, 0.1) is 6.92 Å². The van der Waals surface area contributed by atoms with Crippen LogP contribution in [0.5, 0.6) is 5.75 Å². The molecule has 0 aliphatic heterocycles. The van der Waals surface area contributed by atoms with Crippen molar-refractivity contribution in [3.05, 3.63) is 29.3 Å². The molecule has 0 aliphatic rings. The van der Waals surface area contributed by atoms with E-state index in [0.717, 1.165) is 5.75 Å². The quantitative estimate of drug-likeness (QED) is 0.851. The summed E-state index contributed by atoms with van der Waals surface area (Å²) in [4.78, 5) is 0. The zero-order valence-electron chi connectivity index (χ0n) is 11.0. The Bertz CT molecular complexity index is 352. The maximum atomic E-state index is 5.88. The van der Waals surface area contributed by atoms with Crippen LogP contribution in [0.15, 0.2) is 18.2 Å². The normalized spacial score (nSPS) is 13.6. The molecule has 1 rings (SSSR count). The minimum Gasteiger partial charge on any atom is -0.489 e. The molecule has 0 amide bonds. The average Bonchev–Trinajstić information content (AvgIpc) is 2.15. The van der Waals surface area contributed by atoms with E-state index in [1.165, 1.54) is 11.1 Å². The summed E-state index contributed by atoms with van der Waals surface area (Å²) in [6.07, 6.45) is 0.0582. The lowest BCUT2D eigenvalue weighted by Gasteiger charge is -2.25. The van der Waals surface area contributed by atoms with Crippen molar-refractivity contribution in [1.29, 1.82) is 0 Å². The van der Waals surface area contributed by atoms with Crippen LogP contribution < -0.4 is 10.5 Å². The maximum Gasteiger partial charge on any atom is 0.123 e. The van der Waals surface area contributed by atoms with Crippen molar-refractivity contribution in [3.8, 4) is 5.75 Å². The van der Waals surface area contributed by atoms with E-state index in [4.69, 9.17) is 10.5 Å². The predicted octanol–water partition coefficient (Wildman–Crippen LogP) is 3.02. The molecular weight excluding hydrogens is 198 g/mol. The number of hydrogen-bond acceptors (Lipinski definition) is 2. The molecule has 0 spiro atoms. The first-order chi connectivity index (χ1) is 7.34. The monoisotopic (exact) mass is 221 g/mol. The van der Waals surface area contributed by atoms with Crippen molar-refractivity contribution < 1.29 is 4.74 Å². The largest absolute Gasteiger partial charge is 0.489 e. The van der Waals surface area contributed by atoms with Gasteiger partial charge < -0.3 is 10.5 Å². The second-order valence-corrected chi connectivity index (χ2v) is 5.41. The van der Waals surface area contributed by atoms with Gasteiger partial charge in [-0.05, 0) is 36.5 Å². The lowest BCUT2D eigenvalue weighted by molar-refractivity contribution is 0.224. The molecule has 1 atom stereocenters. The van der Waals surface area contributed by atoms with Gasteiger partial charge in [-0.3, -0.25) is 0 Å². The molecule has 1 aromatic carbocycles. The van der Waals surface area contributed by atoms with Crippen molar-refractivity contribution in [2.24, 2.45) is 5.73 Å². The predicted molar refractivity (Wildman–Crippen MR) is 69.0 cm³/mol. The van der Waals surface area contributed by atoms with Gasteiger partial charge in [0.1, 0.15) is 11.9 Å². The Kier molecular flexibility index (Phi) is 3.98. The summed E-state index contributed by atoms with van der Waals surface area (Å²) in [5.41, 5.74) is 8.14. The van der Waals surface area contributed by atoms with Gasteiger partial charge in [-0.25, -0.2) is 0 Å². The van der Waals surface area contributed by atoms with Crippen molar-refractivity contribution in [1.82, 2.24) is 0 Å². The van der Waals surface area contributed by atoms with Gasteiger partial charge in [-0.1, -0.05) is 32.9 Å². The summed E-state index contributed by atoms with van der Waals surface area (Å²) in [5.74, 6) is 0.963. The minimum absolute atomic E-state index is 0.0582. The lowest BCUT2D eigenvalue weighted by Crippen LogP contribution is -2.24. The maximum absolute atomic E-state index is 5.88. The van der Waals surface area contributed by atoms with Gasteiger partial charge in [0.05, 0.1) is 0 Å². The molecule has 0 radical (unpaired) electrons. The molecule has 0 saturated heterocycles. The topological polar surface area (TPSA) is 35.2 Å². The van der Waals surface area contributed by atoms with E-state index in [1.54, 1.807) is 0 Å². The third kappa shape index (κ3) is 3.24. The highest BCUT2D eigenvalue weighted by molar-refractivity contribution is 5.41. The fourth-order valence-electron chi connectivity index (χ4n) is 1.61. The molecule has 1 unspecified atom stereocenters. The van der Waals surface area contributed by atoms with Gasteiger partial charge in [-0.2, -0.15) is 0 Å². The average molecular weight is 221 g/mol. The van der Waals surface area contributed by atoms with E-state index < -0.39 is 0 Å². The molecule has 2 N–H and O–H groups in total. The van der Waals surface area contributed by atoms with E-state index in [9.17, 15) is 0 Å². The fourth-order valence-corrected chi connectivity index (χ4v) is 1.61. The van der Waals surface area contributed by atoms with Gasteiger partial charge >= 0.3 is 0 Å². The Morgan fingerprint density at radius 2 is 1.94 bits per heavy atom. The Morgan fingerprint density at radius 3 is 2.44 bits per heavy atom. The van der Waals surface area contributed by atoms with Gasteiger partial charge in [0, 0.05) is 6.54 Å². The van der Waals surface area contributed by atoms with Gasteiger partial charge in [0.25, 0.3) is 0 Å². The number of rotatable bonds is 3. The molecule has 0 fully saturated rings. The first kappa shape index (κ1) is 13.0. The number of nitrogens with two attached hydrogens (primary N) is 1. The van der Waals surface area contributed by atoms with E-state index in [2.05, 4.69) is 45.9 Å². The SMILES string of the molecule is Cc1ccc(C(C)(C)C)c(OC(C)CN)c1. The van der Waals surface area contributed by atoms with Gasteiger partial charge in [0.15, 0.2) is 0 Å². The Balaban J connectivity index is 3.09. The highest BCUT2D eigenvalue weighted by Gasteiger charge is 2.19. The molecule has 0 aliphatic carbocycles. The zero-order chi connectivity index (χ0) is 12.3. The van der Waals surface area contributed by atoms with Crippen molar-refractivity contribution in [3.63, 3.8) is 0 Å².